The summed E-state index contributed by atoms with van der Waals surface area (Å²) in [5.41, 5.74) is 5.20. The van der Waals surface area contributed by atoms with Crippen LogP contribution in [0.2, 0.25) is 0 Å². The number of fused-ring (bicyclic) bond motifs is 7. The van der Waals surface area contributed by atoms with Crippen molar-refractivity contribution in [1.29, 1.82) is 0 Å². The lowest BCUT2D eigenvalue weighted by atomic mass is 9.84. The Morgan fingerprint density at radius 3 is 2.57 bits per heavy atom. The van der Waals surface area contributed by atoms with E-state index in [1.54, 1.807) is 7.11 Å². The number of benzene rings is 3. The zero-order chi connectivity index (χ0) is 20.2. The zero-order valence-corrected chi connectivity index (χ0v) is 17.8. The average molecular weight is 403 g/mol. The van der Waals surface area contributed by atoms with Crippen LogP contribution in [-0.2, 0) is 19.6 Å². The second-order valence-corrected chi connectivity index (χ2v) is 9.22. The van der Waals surface area contributed by atoms with Crippen LogP contribution < -0.4 is 9.64 Å². The molecule has 3 heterocycles. The molecule has 1 N–H and O–H groups in total. The lowest BCUT2D eigenvalue weighted by molar-refractivity contribution is 0.229. The Bertz CT molecular complexity index is 1130. The Labute approximate surface area is 178 Å². The Morgan fingerprint density at radius 1 is 0.933 bits per heavy atom. The molecule has 2 fully saturated rings. The van der Waals surface area contributed by atoms with E-state index in [9.17, 15) is 5.11 Å². The number of nitrogens with zero attached hydrogens (tertiary/aromatic N) is 2. The van der Waals surface area contributed by atoms with E-state index >= 15 is 0 Å². The molecule has 0 unspecified atom stereocenters. The normalized spacial score (nSPS) is 21.4. The molecule has 0 aromatic heterocycles. The molecule has 3 aromatic rings. The largest absolute Gasteiger partial charge is 0.496 e. The molecule has 0 saturated carbocycles. The molecule has 3 aromatic carbocycles. The van der Waals surface area contributed by atoms with E-state index in [0.29, 0.717) is 6.04 Å². The molecule has 6 rings (SSSR count). The fraction of sp³-hybridized carbons (Fsp3) is 0.462. The van der Waals surface area contributed by atoms with E-state index in [4.69, 9.17) is 4.74 Å². The van der Waals surface area contributed by atoms with Crippen LogP contribution in [0.5, 0.6) is 5.75 Å². The van der Waals surface area contributed by atoms with Crippen LogP contribution in [0.3, 0.4) is 0 Å². The molecule has 0 radical (unpaired) electrons. The van der Waals surface area contributed by atoms with Gasteiger partial charge >= 0.3 is 0 Å². The SMILES string of the molecule is COc1cc2c3c(c4ccc(N5CCCC5)cc4c2cc1CO)C[C@@H]1CCCN1C3. The summed E-state index contributed by atoms with van der Waals surface area (Å²) >= 11 is 0. The minimum Gasteiger partial charge on any atom is -0.496 e. The number of ether oxygens (including phenoxy) is 1. The third-order valence-corrected chi connectivity index (χ3v) is 7.67. The molecule has 4 nitrogen and oxygen atoms in total. The lowest BCUT2D eigenvalue weighted by Crippen LogP contribution is -2.35. The minimum absolute atomic E-state index is 0.00228. The van der Waals surface area contributed by atoms with Crippen molar-refractivity contribution in [2.75, 3.05) is 31.6 Å². The molecule has 3 aliphatic heterocycles. The monoisotopic (exact) mass is 402 g/mol. The number of rotatable bonds is 3. The molecular weight excluding hydrogens is 372 g/mol. The van der Waals surface area contributed by atoms with Gasteiger partial charge in [-0.15, -0.1) is 0 Å². The number of hydrogen-bond donors (Lipinski definition) is 1. The summed E-state index contributed by atoms with van der Waals surface area (Å²) < 4.78 is 5.66. The van der Waals surface area contributed by atoms with Crippen molar-refractivity contribution in [2.24, 2.45) is 0 Å². The Balaban J connectivity index is 1.65. The van der Waals surface area contributed by atoms with E-state index in [0.717, 1.165) is 37.4 Å². The Hall–Kier alpha value is -2.30. The molecule has 0 aliphatic carbocycles. The predicted octanol–water partition coefficient (Wildman–Crippen LogP) is 4.61. The van der Waals surface area contributed by atoms with Gasteiger partial charge in [-0.3, -0.25) is 4.90 Å². The average Bonchev–Trinajstić information content (AvgIpc) is 3.48. The number of aliphatic hydroxyl groups excluding tert-OH is 1. The molecule has 30 heavy (non-hydrogen) atoms. The van der Waals surface area contributed by atoms with Gasteiger partial charge in [0.2, 0.25) is 0 Å². The standard InChI is InChI=1S/C26H30N2O2/c1-30-26-14-24-21(11-17(26)16-29)22-13-19(27-8-2-3-9-27)6-7-20(22)23-12-18-5-4-10-28(18)15-25(23)24/h6-7,11,13-14,18,29H,2-5,8-10,12,15-16H2,1H3/t18-/m0/s1. The van der Waals surface area contributed by atoms with Crippen LogP contribution >= 0.6 is 0 Å². The van der Waals surface area contributed by atoms with Gasteiger partial charge in [0.1, 0.15) is 5.75 Å². The van der Waals surface area contributed by atoms with E-state index in [2.05, 4.69) is 40.1 Å². The third kappa shape index (κ3) is 2.74. The molecule has 156 valence electrons. The van der Waals surface area contributed by atoms with Gasteiger partial charge in [-0.1, -0.05) is 6.07 Å². The third-order valence-electron chi connectivity index (χ3n) is 7.67. The first kappa shape index (κ1) is 18.5. The van der Waals surface area contributed by atoms with Crippen molar-refractivity contribution in [3.05, 3.63) is 47.0 Å². The molecule has 0 spiro atoms. The summed E-state index contributed by atoms with van der Waals surface area (Å²) in [4.78, 5) is 5.18. The molecular formula is C26H30N2O2. The number of methoxy groups -OCH3 is 1. The van der Waals surface area contributed by atoms with Crippen LogP contribution in [0.25, 0.3) is 21.5 Å². The van der Waals surface area contributed by atoms with Crippen LogP contribution in [-0.4, -0.2) is 42.8 Å². The van der Waals surface area contributed by atoms with E-state index < -0.39 is 0 Å². The van der Waals surface area contributed by atoms with Crippen molar-refractivity contribution in [2.45, 2.75) is 51.3 Å². The van der Waals surface area contributed by atoms with Gasteiger partial charge in [-0.25, -0.2) is 0 Å². The zero-order valence-electron chi connectivity index (χ0n) is 17.8. The van der Waals surface area contributed by atoms with Gasteiger partial charge in [0.25, 0.3) is 0 Å². The first-order chi connectivity index (χ1) is 14.8. The summed E-state index contributed by atoms with van der Waals surface area (Å²) in [6.45, 7) is 4.55. The Kier molecular flexibility index (Phi) is 4.39. The summed E-state index contributed by atoms with van der Waals surface area (Å²) in [7, 11) is 1.70. The summed E-state index contributed by atoms with van der Waals surface area (Å²) in [6.07, 6.45) is 6.34. The lowest BCUT2D eigenvalue weighted by Gasteiger charge is -2.34. The van der Waals surface area contributed by atoms with E-state index in [1.165, 1.54) is 70.6 Å². The van der Waals surface area contributed by atoms with Crippen LogP contribution in [0.1, 0.15) is 42.4 Å². The topological polar surface area (TPSA) is 35.9 Å². The summed E-state index contributed by atoms with van der Waals surface area (Å²) in [5, 5.41) is 15.3. The number of hydrogen-bond acceptors (Lipinski definition) is 4. The van der Waals surface area contributed by atoms with E-state index in [1.807, 2.05) is 0 Å². The second-order valence-electron chi connectivity index (χ2n) is 9.22. The highest BCUT2D eigenvalue weighted by Crippen LogP contribution is 2.43. The minimum atomic E-state index is -0.00228. The van der Waals surface area contributed by atoms with Crippen molar-refractivity contribution < 1.29 is 9.84 Å². The number of aliphatic hydroxyl groups is 1. The smallest absolute Gasteiger partial charge is 0.125 e. The van der Waals surface area contributed by atoms with Gasteiger partial charge in [-0.05, 0) is 95.6 Å². The van der Waals surface area contributed by atoms with Gasteiger partial charge in [-0.2, -0.15) is 0 Å². The highest BCUT2D eigenvalue weighted by molar-refractivity contribution is 6.12. The first-order valence-electron chi connectivity index (χ1n) is 11.4. The maximum absolute atomic E-state index is 9.97. The highest BCUT2D eigenvalue weighted by atomic mass is 16.5. The molecule has 0 bridgehead atoms. The van der Waals surface area contributed by atoms with E-state index in [-0.39, 0.29) is 6.61 Å². The maximum atomic E-state index is 9.97. The number of anilines is 1. The van der Waals surface area contributed by atoms with Crippen molar-refractivity contribution in [3.63, 3.8) is 0 Å². The molecule has 3 aliphatic rings. The first-order valence-corrected chi connectivity index (χ1v) is 11.4. The van der Waals surface area contributed by atoms with Crippen LogP contribution in [0.15, 0.2) is 30.3 Å². The van der Waals surface area contributed by atoms with Crippen LogP contribution in [0.4, 0.5) is 5.69 Å². The summed E-state index contributed by atoms with van der Waals surface area (Å²) in [5.74, 6) is 0.797. The summed E-state index contributed by atoms with van der Waals surface area (Å²) in [6, 6.07) is 12.1. The maximum Gasteiger partial charge on any atom is 0.125 e. The second kappa shape index (κ2) is 7.14. The molecule has 2 saturated heterocycles. The molecule has 1 atom stereocenters. The quantitative estimate of drug-likeness (QED) is 0.649. The van der Waals surface area contributed by atoms with Crippen molar-refractivity contribution >= 4 is 27.2 Å². The van der Waals surface area contributed by atoms with Gasteiger partial charge < -0.3 is 14.7 Å². The molecule has 4 heteroatoms. The van der Waals surface area contributed by atoms with Crippen molar-refractivity contribution in [3.8, 4) is 5.75 Å². The van der Waals surface area contributed by atoms with Gasteiger partial charge in [0, 0.05) is 36.9 Å². The molecule has 0 amide bonds. The van der Waals surface area contributed by atoms with Gasteiger partial charge in [0.15, 0.2) is 0 Å². The highest BCUT2D eigenvalue weighted by Gasteiger charge is 2.32. The fourth-order valence-electron chi connectivity index (χ4n) is 6.11. The van der Waals surface area contributed by atoms with Crippen molar-refractivity contribution in [1.82, 2.24) is 4.90 Å². The predicted molar refractivity (Wildman–Crippen MR) is 123 cm³/mol. The fourth-order valence-corrected chi connectivity index (χ4v) is 6.11. The van der Waals surface area contributed by atoms with Gasteiger partial charge in [0.05, 0.1) is 13.7 Å². The van der Waals surface area contributed by atoms with Crippen LogP contribution in [0, 0.1) is 0 Å². The Morgan fingerprint density at radius 2 is 1.77 bits per heavy atom.